The van der Waals surface area contributed by atoms with Gasteiger partial charge in [0.1, 0.15) is 0 Å². The van der Waals surface area contributed by atoms with Gasteiger partial charge in [-0.1, -0.05) is 48.7 Å². The van der Waals surface area contributed by atoms with Gasteiger partial charge in [-0.2, -0.15) is 0 Å². The number of benzene rings is 1. The van der Waals surface area contributed by atoms with Gasteiger partial charge in [0.05, 0.1) is 11.5 Å². The number of furan rings is 1. The van der Waals surface area contributed by atoms with Gasteiger partial charge in [-0.05, 0) is 51.0 Å². The van der Waals surface area contributed by atoms with Crippen LogP contribution >= 0.6 is 11.8 Å². The minimum atomic E-state index is -0.299. The highest BCUT2D eigenvalue weighted by Gasteiger charge is 2.27. The zero-order valence-corrected chi connectivity index (χ0v) is 17.6. The van der Waals surface area contributed by atoms with Crippen LogP contribution in [0.1, 0.15) is 50.6 Å². The van der Waals surface area contributed by atoms with Gasteiger partial charge in [0, 0.05) is 11.7 Å². The van der Waals surface area contributed by atoms with Crippen molar-refractivity contribution in [3.63, 3.8) is 0 Å². The van der Waals surface area contributed by atoms with Crippen molar-refractivity contribution < 1.29 is 9.21 Å². The van der Waals surface area contributed by atoms with Crippen molar-refractivity contribution in [3.8, 4) is 11.6 Å². The lowest BCUT2D eigenvalue weighted by atomic mass is 9.95. The van der Waals surface area contributed by atoms with Gasteiger partial charge < -0.3 is 9.73 Å². The van der Waals surface area contributed by atoms with Crippen LogP contribution in [0.3, 0.4) is 0 Å². The number of anilines is 1. The van der Waals surface area contributed by atoms with Crippen molar-refractivity contribution in [3.05, 3.63) is 48.2 Å². The Kier molecular flexibility index (Phi) is 6.04. The predicted molar refractivity (Wildman–Crippen MR) is 115 cm³/mol. The number of thioether (sulfide) groups is 1. The van der Waals surface area contributed by atoms with Gasteiger partial charge in [0.15, 0.2) is 10.9 Å². The number of hydrogen-bond acceptors (Lipinski definition) is 5. The van der Waals surface area contributed by atoms with Gasteiger partial charge in [-0.3, -0.25) is 9.36 Å². The van der Waals surface area contributed by atoms with E-state index >= 15 is 0 Å². The Hall–Kier alpha value is -2.54. The average molecular weight is 411 g/mol. The lowest BCUT2D eigenvalue weighted by molar-refractivity contribution is -0.115. The van der Waals surface area contributed by atoms with Crippen molar-refractivity contribution >= 4 is 23.4 Å². The maximum absolute atomic E-state index is 12.7. The van der Waals surface area contributed by atoms with Crippen LogP contribution in [0.2, 0.25) is 0 Å². The molecule has 1 aliphatic carbocycles. The van der Waals surface area contributed by atoms with E-state index in [4.69, 9.17) is 4.42 Å². The fraction of sp³-hybridized carbons (Fsp3) is 0.409. The van der Waals surface area contributed by atoms with E-state index < -0.39 is 0 Å². The van der Waals surface area contributed by atoms with E-state index in [-0.39, 0.29) is 11.2 Å². The largest absolute Gasteiger partial charge is 0.461 e. The Morgan fingerprint density at radius 3 is 2.62 bits per heavy atom. The molecule has 0 aliphatic heterocycles. The lowest BCUT2D eigenvalue weighted by Crippen LogP contribution is -2.23. The smallest absolute Gasteiger partial charge is 0.237 e. The van der Waals surface area contributed by atoms with Crippen LogP contribution in [0, 0.1) is 6.92 Å². The molecule has 7 heteroatoms. The second-order valence-electron chi connectivity index (χ2n) is 7.56. The standard InChI is InChI=1S/C22H26N4O2S/c1-15-10-12-17(13-11-15)23-21(27)16(2)29-22-25-24-20(19-9-6-14-28-19)26(22)18-7-4-3-5-8-18/h6,9-14,16,18H,3-5,7-8H2,1-2H3,(H,23,27). The number of carbonyl (C=O) groups is 1. The van der Waals surface area contributed by atoms with E-state index in [1.54, 1.807) is 6.26 Å². The highest BCUT2D eigenvalue weighted by Crippen LogP contribution is 2.36. The number of aryl methyl sites for hydroxylation is 1. The van der Waals surface area contributed by atoms with Gasteiger partial charge in [-0.25, -0.2) is 0 Å². The maximum Gasteiger partial charge on any atom is 0.237 e. The fourth-order valence-corrected chi connectivity index (χ4v) is 4.61. The molecule has 1 N–H and O–H groups in total. The molecule has 152 valence electrons. The van der Waals surface area contributed by atoms with Crippen molar-refractivity contribution in [2.24, 2.45) is 0 Å². The molecule has 0 saturated heterocycles. The first kappa shape index (κ1) is 19.8. The molecule has 2 heterocycles. The van der Waals surface area contributed by atoms with Crippen LogP contribution in [0.4, 0.5) is 5.69 Å². The van der Waals surface area contributed by atoms with Crippen molar-refractivity contribution in [1.82, 2.24) is 14.8 Å². The summed E-state index contributed by atoms with van der Waals surface area (Å²) >= 11 is 1.45. The van der Waals surface area contributed by atoms with Crippen LogP contribution in [-0.4, -0.2) is 25.9 Å². The zero-order chi connectivity index (χ0) is 20.2. The SMILES string of the molecule is Cc1ccc(NC(=O)C(C)Sc2nnc(-c3ccco3)n2C2CCCCC2)cc1. The van der Waals surface area contributed by atoms with Gasteiger partial charge in [0.2, 0.25) is 11.7 Å². The van der Waals surface area contributed by atoms with Gasteiger partial charge in [-0.15, -0.1) is 10.2 Å². The summed E-state index contributed by atoms with van der Waals surface area (Å²) in [6, 6.07) is 11.9. The molecule has 1 atom stereocenters. The number of carbonyl (C=O) groups excluding carboxylic acids is 1. The second kappa shape index (κ2) is 8.86. The minimum Gasteiger partial charge on any atom is -0.461 e. The fourth-order valence-electron chi connectivity index (χ4n) is 3.69. The Bertz CT molecular complexity index is 944. The first-order valence-electron chi connectivity index (χ1n) is 10.1. The van der Waals surface area contributed by atoms with E-state index in [1.165, 1.54) is 31.0 Å². The monoisotopic (exact) mass is 410 g/mol. The van der Waals surface area contributed by atoms with E-state index in [0.717, 1.165) is 35.1 Å². The minimum absolute atomic E-state index is 0.0448. The van der Waals surface area contributed by atoms with Crippen LogP contribution in [0.15, 0.2) is 52.2 Å². The van der Waals surface area contributed by atoms with Crippen LogP contribution in [-0.2, 0) is 4.79 Å². The molecule has 0 spiro atoms. The highest BCUT2D eigenvalue weighted by molar-refractivity contribution is 8.00. The molecule has 0 bridgehead atoms. The molecule has 1 unspecified atom stereocenters. The number of hydrogen-bond donors (Lipinski definition) is 1. The van der Waals surface area contributed by atoms with Crippen molar-refractivity contribution in [2.45, 2.75) is 62.4 Å². The summed E-state index contributed by atoms with van der Waals surface area (Å²) in [7, 11) is 0. The third kappa shape index (κ3) is 4.56. The van der Waals surface area contributed by atoms with Crippen LogP contribution < -0.4 is 5.32 Å². The summed E-state index contributed by atoms with van der Waals surface area (Å²) in [4.78, 5) is 12.7. The molecule has 1 aromatic carbocycles. The third-order valence-electron chi connectivity index (χ3n) is 5.32. The molecular formula is C22H26N4O2S. The molecule has 1 amide bonds. The van der Waals surface area contributed by atoms with Gasteiger partial charge >= 0.3 is 0 Å². The Morgan fingerprint density at radius 1 is 1.17 bits per heavy atom. The Morgan fingerprint density at radius 2 is 1.93 bits per heavy atom. The zero-order valence-electron chi connectivity index (χ0n) is 16.8. The predicted octanol–water partition coefficient (Wildman–Crippen LogP) is 5.47. The molecule has 0 radical (unpaired) electrons. The number of nitrogens with one attached hydrogen (secondary N) is 1. The summed E-state index contributed by atoms with van der Waals surface area (Å²) in [5, 5.41) is 12.3. The van der Waals surface area contributed by atoms with Crippen molar-refractivity contribution in [2.75, 3.05) is 5.32 Å². The lowest BCUT2D eigenvalue weighted by Gasteiger charge is -2.25. The summed E-state index contributed by atoms with van der Waals surface area (Å²) in [5.74, 6) is 1.42. The Balaban J connectivity index is 1.54. The quantitative estimate of drug-likeness (QED) is 0.546. The van der Waals surface area contributed by atoms with E-state index in [0.29, 0.717) is 11.8 Å². The van der Waals surface area contributed by atoms with Crippen LogP contribution in [0.25, 0.3) is 11.6 Å². The molecule has 29 heavy (non-hydrogen) atoms. The molecule has 4 rings (SSSR count). The molecular weight excluding hydrogens is 384 g/mol. The molecule has 1 aliphatic rings. The molecule has 6 nitrogen and oxygen atoms in total. The number of aromatic nitrogens is 3. The van der Waals surface area contributed by atoms with Crippen molar-refractivity contribution in [1.29, 1.82) is 0 Å². The summed E-state index contributed by atoms with van der Waals surface area (Å²) in [6.45, 7) is 3.93. The first-order valence-corrected chi connectivity index (χ1v) is 11.0. The Labute approximate surface area is 175 Å². The average Bonchev–Trinajstić information content (AvgIpc) is 3.40. The highest BCUT2D eigenvalue weighted by atomic mass is 32.2. The maximum atomic E-state index is 12.7. The normalized spacial score (nSPS) is 15.9. The van der Waals surface area contributed by atoms with E-state index in [2.05, 4.69) is 20.1 Å². The number of amides is 1. The summed E-state index contributed by atoms with van der Waals surface area (Å²) in [5.41, 5.74) is 1.97. The van der Waals surface area contributed by atoms with Gasteiger partial charge in [0.25, 0.3) is 0 Å². The summed E-state index contributed by atoms with van der Waals surface area (Å²) in [6.07, 6.45) is 7.53. The van der Waals surface area contributed by atoms with Crippen LogP contribution in [0.5, 0.6) is 0 Å². The number of nitrogens with zero attached hydrogens (tertiary/aromatic N) is 3. The first-order chi connectivity index (χ1) is 14.1. The summed E-state index contributed by atoms with van der Waals surface area (Å²) < 4.78 is 7.77. The molecule has 2 aromatic heterocycles. The van der Waals surface area contributed by atoms with E-state index in [9.17, 15) is 4.79 Å². The molecule has 1 fully saturated rings. The molecule has 1 saturated carbocycles. The third-order valence-corrected chi connectivity index (χ3v) is 6.37. The number of rotatable bonds is 6. The van der Waals surface area contributed by atoms with E-state index in [1.807, 2.05) is 50.2 Å². The molecule has 3 aromatic rings. The topological polar surface area (TPSA) is 73.0 Å². The second-order valence-corrected chi connectivity index (χ2v) is 8.87.